The Morgan fingerprint density at radius 1 is 1.04 bits per heavy atom. The molecule has 0 spiro atoms. The highest BCUT2D eigenvalue weighted by Crippen LogP contribution is 2.32. The van der Waals surface area contributed by atoms with Crippen molar-refractivity contribution < 1.29 is 17.9 Å². The predicted octanol–water partition coefficient (Wildman–Crippen LogP) is 4.56. The Hall–Kier alpha value is -3.62. The molecule has 0 saturated heterocycles. The molecule has 0 saturated carbocycles. The summed E-state index contributed by atoms with van der Waals surface area (Å²) in [6.45, 7) is 0. The van der Waals surface area contributed by atoms with Crippen molar-refractivity contribution in [1.29, 1.82) is 0 Å². The molecule has 0 fully saturated rings. The van der Waals surface area contributed by atoms with Crippen molar-refractivity contribution in [2.45, 2.75) is 6.18 Å². The highest BCUT2D eigenvalue weighted by Gasteiger charge is 2.30. The Balaban J connectivity index is 1.71. The van der Waals surface area contributed by atoms with E-state index >= 15 is 0 Å². The van der Waals surface area contributed by atoms with Crippen LogP contribution in [0.15, 0.2) is 61.2 Å². The highest BCUT2D eigenvalue weighted by atomic mass is 19.4. The molecule has 1 aromatic carbocycles. The summed E-state index contributed by atoms with van der Waals surface area (Å²) >= 11 is 0. The maximum absolute atomic E-state index is 12.9. The number of rotatable bonds is 4. The van der Waals surface area contributed by atoms with Gasteiger partial charge in [-0.2, -0.15) is 13.2 Å². The minimum atomic E-state index is -4.42. The molecule has 0 aliphatic rings. The van der Waals surface area contributed by atoms with Crippen molar-refractivity contribution in [2.75, 3.05) is 12.4 Å². The van der Waals surface area contributed by atoms with Crippen LogP contribution in [0.25, 0.3) is 16.9 Å². The highest BCUT2D eigenvalue weighted by molar-refractivity contribution is 5.74. The van der Waals surface area contributed by atoms with Gasteiger partial charge in [0, 0.05) is 35.9 Å². The lowest BCUT2D eigenvalue weighted by atomic mass is 10.2. The molecular formula is C19H14F3N5O. The molecule has 3 heterocycles. The normalized spacial score (nSPS) is 11.6. The lowest BCUT2D eigenvalue weighted by Gasteiger charge is -2.11. The number of anilines is 2. The minimum Gasteiger partial charge on any atom is -0.481 e. The second-order valence-corrected chi connectivity index (χ2v) is 5.91. The number of fused-ring (bicyclic) bond motifs is 1. The molecule has 9 heteroatoms. The number of methoxy groups -OCH3 is 1. The zero-order valence-electron chi connectivity index (χ0n) is 14.6. The third kappa shape index (κ3) is 3.34. The molecule has 4 aromatic rings. The fraction of sp³-hybridized carbons (Fsp3) is 0.105. The molecule has 142 valence electrons. The van der Waals surface area contributed by atoms with E-state index in [1.807, 2.05) is 6.07 Å². The number of alkyl halides is 3. The number of aromatic nitrogens is 4. The Kier molecular flexibility index (Phi) is 4.34. The lowest BCUT2D eigenvalue weighted by molar-refractivity contribution is -0.137. The first-order chi connectivity index (χ1) is 13.5. The first-order valence-electron chi connectivity index (χ1n) is 8.22. The van der Waals surface area contributed by atoms with Gasteiger partial charge in [0.1, 0.15) is 0 Å². The molecule has 0 amide bonds. The predicted molar refractivity (Wildman–Crippen MR) is 97.5 cm³/mol. The number of hydrogen-bond donors (Lipinski definition) is 1. The van der Waals surface area contributed by atoms with Gasteiger partial charge in [0.25, 0.3) is 0 Å². The Bertz CT molecular complexity index is 1120. The van der Waals surface area contributed by atoms with Crippen LogP contribution in [0.3, 0.4) is 0 Å². The monoisotopic (exact) mass is 385 g/mol. The van der Waals surface area contributed by atoms with Crippen molar-refractivity contribution in [3.05, 3.63) is 66.7 Å². The van der Waals surface area contributed by atoms with Crippen LogP contribution in [-0.4, -0.2) is 26.5 Å². The van der Waals surface area contributed by atoms with Gasteiger partial charge in [0.05, 0.1) is 24.6 Å². The van der Waals surface area contributed by atoms with Crippen LogP contribution in [0.2, 0.25) is 0 Å². The standard InChI is InChI=1S/C19H14F3N5O/c1-28-16-6-5-12(10-24-16)15-11-25-18-17(23-7-8-27(15)18)26-14-4-2-3-13(9-14)19(20,21)22/h2-11H,1H3,(H,23,26). The lowest BCUT2D eigenvalue weighted by Crippen LogP contribution is -2.05. The van der Waals surface area contributed by atoms with E-state index in [-0.39, 0.29) is 5.69 Å². The molecule has 0 aliphatic heterocycles. The van der Waals surface area contributed by atoms with Gasteiger partial charge in [-0.25, -0.2) is 15.0 Å². The molecule has 0 radical (unpaired) electrons. The van der Waals surface area contributed by atoms with Crippen LogP contribution in [0.5, 0.6) is 5.88 Å². The topological polar surface area (TPSA) is 64.3 Å². The second-order valence-electron chi connectivity index (χ2n) is 5.91. The zero-order chi connectivity index (χ0) is 19.7. The van der Waals surface area contributed by atoms with E-state index in [0.717, 1.165) is 23.4 Å². The molecule has 3 aromatic heterocycles. The Labute approximate surface area is 157 Å². The fourth-order valence-corrected chi connectivity index (χ4v) is 2.78. The largest absolute Gasteiger partial charge is 0.481 e. The zero-order valence-corrected chi connectivity index (χ0v) is 14.6. The van der Waals surface area contributed by atoms with Crippen LogP contribution in [0.1, 0.15) is 5.56 Å². The van der Waals surface area contributed by atoms with Gasteiger partial charge in [-0.3, -0.25) is 4.40 Å². The number of halogens is 3. The van der Waals surface area contributed by atoms with E-state index < -0.39 is 11.7 Å². The van der Waals surface area contributed by atoms with Crippen LogP contribution >= 0.6 is 0 Å². The van der Waals surface area contributed by atoms with Gasteiger partial charge < -0.3 is 10.1 Å². The summed E-state index contributed by atoms with van der Waals surface area (Å²) in [5, 5.41) is 2.91. The quantitative estimate of drug-likeness (QED) is 0.558. The number of ether oxygens (including phenoxy) is 1. The average molecular weight is 385 g/mol. The molecule has 0 bridgehead atoms. The number of benzene rings is 1. The summed E-state index contributed by atoms with van der Waals surface area (Å²) in [4.78, 5) is 12.8. The van der Waals surface area contributed by atoms with Crippen molar-refractivity contribution in [1.82, 2.24) is 19.4 Å². The molecule has 28 heavy (non-hydrogen) atoms. The summed E-state index contributed by atoms with van der Waals surface area (Å²) in [5.74, 6) is 0.834. The van der Waals surface area contributed by atoms with Gasteiger partial charge in [-0.15, -0.1) is 0 Å². The van der Waals surface area contributed by atoms with E-state index in [9.17, 15) is 13.2 Å². The molecule has 0 aliphatic carbocycles. The smallest absolute Gasteiger partial charge is 0.416 e. The van der Waals surface area contributed by atoms with Crippen molar-refractivity contribution >= 4 is 17.2 Å². The SMILES string of the molecule is COc1ccc(-c2cnc3c(Nc4cccc(C(F)(F)F)c4)nccn23)cn1. The van der Waals surface area contributed by atoms with E-state index in [0.29, 0.717) is 17.3 Å². The summed E-state index contributed by atoms with van der Waals surface area (Å²) in [5.41, 5.74) is 1.58. The molecule has 0 atom stereocenters. The molecule has 0 unspecified atom stereocenters. The number of imidazole rings is 1. The third-order valence-electron chi connectivity index (χ3n) is 4.12. The van der Waals surface area contributed by atoms with Gasteiger partial charge >= 0.3 is 6.18 Å². The molecular weight excluding hydrogens is 371 g/mol. The maximum atomic E-state index is 12.9. The molecule has 4 rings (SSSR count). The van der Waals surface area contributed by atoms with Crippen molar-refractivity contribution in [2.24, 2.45) is 0 Å². The summed E-state index contributed by atoms with van der Waals surface area (Å²) < 4.78 is 45.6. The average Bonchev–Trinajstić information content (AvgIpc) is 3.13. The van der Waals surface area contributed by atoms with Crippen LogP contribution in [0, 0.1) is 0 Å². The first-order valence-corrected chi connectivity index (χ1v) is 8.22. The summed E-state index contributed by atoms with van der Waals surface area (Å²) in [7, 11) is 1.54. The Morgan fingerprint density at radius 2 is 1.89 bits per heavy atom. The fourth-order valence-electron chi connectivity index (χ4n) is 2.78. The third-order valence-corrected chi connectivity index (χ3v) is 4.12. The van der Waals surface area contributed by atoms with E-state index in [1.54, 1.807) is 35.3 Å². The summed E-state index contributed by atoms with van der Waals surface area (Å²) in [6.07, 6.45) is 2.16. The number of hydrogen-bond acceptors (Lipinski definition) is 5. The van der Waals surface area contributed by atoms with Crippen LogP contribution < -0.4 is 10.1 Å². The number of pyridine rings is 1. The van der Waals surface area contributed by atoms with E-state index in [4.69, 9.17) is 4.74 Å². The van der Waals surface area contributed by atoms with Gasteiger partial charge in [0.15, 0.2) is 11.5 Å². The maximum Gasteiger partial charge on any atom is 0.416 e. The Morgan fingerprint density at radius 3 is 2.61 bits per heavy atom. The van der Waals surface area contributed by atoms with Gasteiger partial charge in [0.2, 0.25) is 5.88 Å². The minimum absolute atomic E-state index is 0.270. The van der Waals surface area contributed by atoms with Crippen LogP contribution in [-0.2, 0) is 6.18 Å². The number of nitrogens with zero attached hydrogens (tertiary/aromatic N) is 4. The molecule has 6 nitrogen and oxygen atoms in total. The molecule has 1 N–H and O–H groups in total. The van der Waals surface area contributed by atoms with E-state index in [1.165, 1.54) is 19.2 Å². The van der Waals surface area contributed by atoms with Gasteiger partial charge in [-0.05, 0) is 24.3 Å². The second kappa shape index (κ2) is 6.84. The van der Waals surface area contributed by atoms with Gasteiger partial charge in [-0.1, -0.05) is 6.07 Å². The first kappa shape index (κ1) is 17.8. The van der Waals surface area contributed by atoms with Crippen LogP contribution in [0.4, 0.5) is 24.7 Å². The summed E-state index contributed by atoms with van der Waals surface area (Å²) in [6, 6.07) is 8.50. The van der Waals surface area contributed by atoms with E-state index in [2.05, 4.69) is 20.3 Å². The van der Waals surface area contributed by atoms with Crippen molar-refractivity contribution in [3.63, 3.8) is 0 Å². The number of nitrogens with one attached hydrogen (secondary N) is 1. The van der Waals surface area contributed by atoms with Crippen molar-refractivity contribution in [3.8, 4) is 17.1 Å².